The number of nitrogens with zero attached hydrogens (tertiary/aromatic N) is 3. The van der Waals surface area contributed by atoms with E-state index in [-0.39, 0.29) is 5.91 Å². The van der Waals surface area contributed by atoms with Gasteiger partial charge >= 0.3 is 0 Å². The van der Waals surface area contributed by atoms with Gasteiger partial charge in [-0.1, -0.05) is 48.2 Å². The molecule has 1 saturated heterocycles. The number of thioether (sulfide) groups is 1. The Balaban J connectivity index is 1.73. The molecule has 2 heterocycles. The molecule has 1 aromatic carbocycles. The molecule has 1 aliphatic heterocycles. The average molecular weight is 315 g/mol. The minimum Gasteiger partial charge on any atom is -0.285 e. The lowest BCUT2D eigenvalue weighted by atomic mass is 10.2. The first-order valence-corrected chi connectivity index (χ1v) is 8.31. The average Bonchev–Trinajstić information content (AvgIpc) is 3.13. The number of thiophene rings is 1. The van der Waals surface area contributed by atoms with E-state index in [2.05, 4.69) is 10.2 Å². The Morgan fingerprint density at radius 2 is 2.05 bits per heavy atom. The Kier molecular flexibility index (Phi) is 4.47. The fourth-order valence-electron chi connectivity index (χ4n) is 1.89. The van der Waals surface area contributed by atoms with E-state index in [0.29, 0.717) is 17.5 Å². The predicted octanol–water partition coefficient (Wildman–Crippen LogP) is 3.21. The van der Waals surface area contributed by atoms with Crippen molar-refractivity contribution >= 4 is 40.4 Å². The van der Waals surface area contributed by atoms with Crippen molar-refractivity contribution in [2.45, 2.75) is 6.54 Å². The highest BCUT2D eigenvalue weighted by molar-refractivity contribution is 8.15. The van der Waals surface area contributed by atoms with Crippen molar-refractivity contribution in [3.8, 4) is 0 Å². The zero-order valence-electron chi connectivity index (χ0n) is 11.2. The Hall–Kier alpha value is -1.92. The molecule has 0 radical (unpaired) electrons. The minimum absolute atomic E-state index is 0.0777. The largest absolute Gasteiger partial charge is 0.285 e. The van der Waals surface area contributed by atoms with Crippen molar-refractivity contribution in [3.63, 3.8) is 0 Å². The zero-order chi connectivity index (χ0) is 14.5. The summed E-state index contributed by atoms with van der Waals surface area (Å²) < 4.78 is 0. The molecule has 21 heavy (non-hydrogen) atoms. The summed E-state index contributed by atoms with van der Waals surface area (Å²) in [5, 5.41) is 10.9. The first kappa shape index (κ1) is 14.0. The monoisotopic (exact) mass is 315 g/mol. The van der Waals surface area contributed by atoms with E-state index >= 15 is 0 Å². The summed E-state index contributed by atoms with van der Waals surface area (Å²) in [5.74, 6) is 0.508. The number of amides is 1. The van der Waals surface area contributed by atoms with Crippen LogP contribution in [0.5, 0.6) is 0 Å². The summed E-state index contributed by atoms with van der Waals surface area (Å²) in [4.78, 5) is 14.7. The number of amidine groups is 1. The molecular weight excluding hydrogens is 302 g/mol. The maximum Gasteiger partial charge on any atom is 0.239 e. The predicted molar refractivity (Wildman–Crippen MR) is 88.8 cm³/mol. The maximum atomic E-state index is 12.0. The molecular formula is C15H13N3OS2. The fourth-order valence-corrected chi connectivity index (χ4v) is 3.31. The molecule has 3 rings (SSSR count). The summed E-state index contributed by atoms with van der Waals surface area (Å²) >= 11 is 3.03. The smallest absolute Gasteiger partial charge is 0.239 e. The molecule has 0 unspecified atom stereocenters. The van der Waals surface area contributed by atoms with E-state index in [4.69, 9.17) is 0 Å². The molecule has 106 valence electrons. The van der Waals surface area contributed by atoms with Crippen LogP contribution < -0.4 is 0 Å². The van der Waals surface area contributed by atoms with Crippen LogP contribution in [0.25, 0.3) is 0 Å². The Morgan fingerprint density at radius 1 is 1.19 bits per heavy atom. The molecule has 4 nitrogen and oxygen atoms in total. The minimum atomic E-state index is 0.0777. The highest BCUT2D eigenvalue weighted by Crippen LogP contribution is 2.22. The van der Waals surface area contributed by atoms with Gasteiger partial charge in [-0.15, -0.1) is 16.4 Å². The van der Waals surface area contributed by atoms with Crippen molar-refractivity contribution in [1.29, 1.82) is 0 Å². The third kappa shape index (κ3) is 3.59. The quantitative estimate of drug-likeness (QED) is 0.642. The van der Waals surface area contributed by atoms with Gasteiger partial charge in [0, 0.05) is 4.88 Å². The van der Waals surface area contributed by atoms with Crippen LogP contribution in [0.15, 0.2) is 58.0 Å². The highest BCUT2D eigenvalue weighted by atomic mass is 32.2. The van der Waals surface area contributed by atoms with Crippen LogP contribution in [0.4, 0.5) is 0 Å². The summed E-state index contributed by atoms with van der Waals surface area (Å²) in [6.45, 7) is 0.542. The second-order valence-electron chi connectivity index (χ2n) is 4.40. The number of carbonyl (C=O) groups is 1. The normalized spacial score (nSPS) is 17.2. The maximum absolute atomic E-state index is 12.0. The van der Waals surface area contributed by atoms with E-state index in [9.17, 15) is 4.79 Å². The number of carbonyl (C=O) groups excluding carboxylic acids is 1. The fraction of sp³-hybridized carbons (Fsp3) is 0.133. The molecule has 0 atom stereocenters. The Morgan fingerprint density at radius 3 is 2.81 bits per heavy atom. The lowest BCUT2D eigenvalue weighted by molar-refractivity contribution is -0.124. The second-order valence-corrected chi connectivity index (χ2v) is 6.32. The topological polar surface area (TPSA) is 45.0 Å². The van der Waals surface area contributed by atoms with Crippen molar-refractivity contribution in [1.82, 2.24) is 4.90 Å². The van der Waals surface area contributed by atoms with Crippen molar-refractivity contribution in [2.75, 3.05) is 5.75 Å². The molecule has 0 aliphatic carbocycles. The molecule has 6 heteroatoms. The first-order chi connectivity index (χ1) is 10.3. The SMILES string of the molecule is O=C1CSC(=NN=Cc2cccs2)N1Cc1ccccc1. The van der Waals surface area contributed by atoms with Crippen LogP contribution in [0.1, 0.15) is 10.4 Å². The van der Waals surface area contributed by atoms with Crippen molar-refractivity contribution in [3.05, 3.63) is 58.3 Å². The van der Waals surface area contributed by atoms with E-state index in [1.54, 1.807) is 22.5 Å². The molecule has 1 fully saturated rings. The van der Waals surface area contributed by atoms with Gasteiger partial charge in [0.05, 0.1) is 18.5 Å². The summed E-state index contributed by atoms with van der Waals surface area (Å²) in [6, 6.07) is 13.8. The zero-order valence-corrected chi connectivity index (χ0v) is 12.8. The van der Waals surface area contributed by atoms with Gasteiger partial charge in [0.2, 0.25) is 5.91 Å². The summed E-state index contributed by atoms with van der Waals surface area (Å²) in [7, 11) is 0. The van der Waals surface area contributed by atoms with Gasteiger partial charge in [-0.2, -0.15) is 5.10 Å². The number of rotatable bonds is 4. The molecule has 1 aliphatic rings. The van der Waals surface area contributed by atoms with Crippen LogP contribution in [-0.4, -0.2) is 27.9 Å². The van der Waals surface area contributed by atoms with Crippen LogP contribution in [0, 0.1) is 0 Å². The summed E-state index contributed by atoms with van der Waals surface area (Å²) in [5.41, 5.74) is 1.09. The van der Waals surface area contributed by atoms with Gasteiger partial charge in [0.15, 0.2) is 5.17 Å². The van der Waals surface area contributed by atoms with Crippen molar-refractivity contribution < 1.29 is 4.79 Å². The molecule has 0 spiro atoms. The van der Waals surface area contributed by atoms with Crippen LogP contribution in [-0.2, 0) is 11.3 Å². The van der Waals surface area contributed by atoms with Gasteiger partial charge in [-0.25, -0.2) is 0 Å². The van der Waals surface area contributed by atoms with E-state index in [0.717, 1.165) is 10.4 Å². The third-order valence-corrected chi connectivity index (χ3v) is 4.67. The lowest BCUT2D eigenvalue weighted by Crippen LogP contribution is -2.28. The summed E-state index contributed by atoms with van der Waals surface area (Å²) in [6.07, 6.45) is 1.71. The highest BCUT2D eigenvalue weighted by Gasteiger charge is 2.28. The molecule has 2 aromatic rings. The second kappa shape index (κ2) is 6.69. The Labute approximate surface area is 131 Å². The molecule has 1 aromatic heterocycles. The first-order valence-electron chi connectivity index (χ1n) is 6.44. The van der Waals surface area contributed by atoms with E-state index in [1.165, 1.54) is 11.8 Å². The van der Waals surface area contributed by atoms with Gasteiger partial charge in [0.25, 0.3) is 0 Å². The van der Waals surface area contributed by atoms with E-state index < -0.39 is 0 Å². The third-order valence-electron chi connectivity index (χ3n) is 2.91. The van der Waals surface area contributed by atoms with Gasteiger partial charge in [-0.05, 0) is 17.0 Å². The van der Waals surface area contributed by atoms with Crippen LogP contribution >= 0.6 is 23.1 Å². The molecule has 0 N–H and O–H groups in total. The van der Waals surface area contributed by atoms with Crippen LogP contribution in [0.3, 0.4) is 0 Å². The van der Waals surface area contributed by atoms with E-state index in [1.807, 2.05) is 47.8 Å². The van der Waals surface area contributed by atoms with Gasteiger partial charge < -0.3 is 0 Å². The number of hydrogen-bond acceptors (Lipinski definition) is 5. The molecule has 0 bridgehead atoms. The number of hydrogen-bond donors (Lipinski definition) is 0. The van der Waals surface area contributed by atoms with Crippen LogP contribution in [0.2, 0.25) is 0 Å². The lowest BCUT2D eigenvalue weighted by Gasteiger charge is -2.14. The van der Waals surface area contributed by atoms with Gasteiger partial charge in [-0.3, -0.25) is 9.69 Å². The van der Waals surface area contributed by atoms with Crippen molar-refractivity contribution in [2.24, 2.45) is 10.2 Å². The Bertz CT molecular complexity index is 665. The number of benzene rings is 1. The standard InChI is InChI=1S/C15H13N3OS2/c19-14-11-21-15(17-16-9-13-7-4-8-20-13)18(14)10-12-5-2-1-3-6-12/h1-9H,10-11H2. The molecule has 1 amide bonds. The molecule has 0 saturated carbocycles. The van der Waals surface area contributed by atoms with Gasteiger partial charge in [0.1, 0.15) is 0 Å².